The molecule has 1 unspecified atom stereocenters. The van der Waals surface area contributed by atoms with E-state index in [1.807, 2.05) is 6.92 Å². The fraction of sp³-hybridized carbons (Fsp3) is 1.00. The van der Waals surface area contributed by atoms with Crippen LogP contribution in [0.4, 0.5) is 0 Å². The lowest BCUT2D eigenvalue weighted by Gasteiger charge is -2.50. The van der Waals surface area contributed by atoms with E-state index in [9.17, 15) is 0 Å². The van der Waals surface area contributed by atoms with Crippen molar-refractivity contribution in [1.82, 2.24) is 4.90 Å². The maximum absolute atomic E-state index is 6.58. The molecule has 5 aliphatic rings. The molecule has 0 aromatic heterocycles. The zero-order valence-corrected chi connectivity index (χ0v) is 17.7. The molecule has 0 aromatic carbocycles. The minimum absolute atomic E-state index is 0.229. The Hall–Kier alpha value is -0.240. The van der Waals surface area contributed by atoms with E-state index in [4.69, 9.17) is 24.0 Å². The summed E-state index contributed by atoms with van der Waals surface area (Å²) in [6.45, 7) is 15.2. The minimum Gasteiger partial charge on any atom is -0.377 e. The summed E-state index contributed by atoms with van der Waals surface area (Å²) in [4.78, 5) is 14.4. The average molecular weight is 384 g/mol. The lowest BCUT2D eigenvalue weighted by atomic mass is 9.60. The summed E-state index contributed by atoms with van der Waals surface area (Å²) < 4.78 is 19.0. The highest BCUT2D eigenvalue weighted by atomic mass is 17.3. The molecule has 4 heterocycles. The Morgan fingerprint density at radius 3 is 2.56 bits per heavy atom. The molecular weight excluding hydrogens is 346 g/mol. The van der Waals surface area contributed by atoms with Crippen molar-refractivity contribution >= 4 is 0 Å². The van der Waals surface area contributed by atoms with Crippen LogP contribution in [0.1, 0.15) is 60.3 Å². The van der Waals surface area contributed by atoms with Crippen LogP contribution in [0.3, 0.4) is 0 Å². The molecule has 1 aliphatic carbocycles. The minimum atomic E-state index is -0.702. The predicted molar refractivity (Wildman–Crippen MR) is 101 cm³/mol. The maximum Gasteiger partial charge on any atom is 0.201 e. The standard InChI is InChI=1S/C21H37NO5/c1-6-22(7-2)12-13-23-14-19(4)17-9-8-15(3)16-10-11-20(5)25-18(24-19)21(16,17)27-26-20/h15-18H,6-14H2,1-5H3/t15-,16?,17+,18-,19-,20+,21-/m1/s1. The summed E-state index contributed by atoms with van der Waals surface area (Å²) in [7, 11) is 0. The van der Waals surface area contributed by atoms with Gasteiger partial charge in [0, 0.05) is 18.9 Å². The van der Waals surface area contributed by atoms with Crippen LogP contribution >= 0.6 is 0 Å². The van der Waals surface area contributed by atoms with Crippen molar-refractivity contribution in [2.24, 2.45) is 17.8 Å². The van der Waals surface area contributed by atoms with Gasteiger partial charge in [-0.1, -0.05) is 20.8 Å². The molecule has 1 spiro atoms. The average Bonchev–Trinajstić information content (AvgIpc) is 2.73. The summed E-state index contributed by atoms with van der Waals surface area (Å²) in [5.41, 5.74) is -0.900. The van der Waals surface area contributed by atoms with Crippen molar-refractivity contribution in [3.8, 4) is 0 Å². The van der Waals surface area contributed by atoms with Gasteiger partial charge in [-0.15, -0.1) is 0 Å². The molecule has 0 radical (unpaired) electrons. The molecule has 5 rings (SSSR count). The van der Waals surface area contributed by atoms with Crippen LogP contribution in [0.2, 0.25) is 0 Å². The zero-order valence-electron chi connectivity index (χ0n) is 17.7. The van der Waals surface area contributed by atoms with Crippen LogP contribution in [0, 0.1) is 17.8 Å². The Kier molecular flexibility index (Phi) is 5.36. The highest BCUT2D eigenvalue weighted by Crippen LogP contribution is 2.63. The first-order valence-corrected chi connectivity index (χ1v) is 10.9. The largest absolute Gasteiger partial charge is 0.377 e. The fourth-order valence-corrected chi connectivity index (χ4v) is 5.95. The van der Waals surface area contributed by atoms with Crippen molar-refractivity contribution in [3.63, 3.8) is 0 Å². The lowest BCUT2D eigenvalue weighted by molar-refractivity contribution is -0.541. The third-order valence-corrected chi connectivity index (χ3v) is 7.67. The van der Waals surface area contributed by atoms with E-state index in [0.29, 0.717) is 18.4 Å². The van der Waals surface area contributed by atoms with E-state index < -0.39 is 17.0 Å². The molecule has 2 bridgehead atoms. The van der Waals surface area contributed by atoms with Gasteiger partial charge < -0.3 is 19.1 Å². The SMILES string of the molecule is CCN(CC)CCOC[C@@]1(C)O[C@@H]2O[C@]3(C)CCC4[C@H](C)CC[C@@H]1[C@]42OO3. The van der Waals surface area contributed by atoms with E-state index in [0.717, 1.165) is 45.5 Å². The van der Waals surface area contributed by atoms with Crippen molar-refractivity contribution in [1.29, 1.82) is 0 Å². The molecule has 1 saturated carbocycles. The van der Waals surface area contributed by atoms with Crippen LogP contribution in [0.25, 0.3) is 0 Å². The van der Waals surface area contributed by atoms with E-state index >= 15 is 0 Å². The normalized spacial score (nSPS) is 48.7. The molecule has 4 aliphatic heterocycles. The first-order chi connectivity index (χ1) is 12.9. The fourth-order valence-electron chi connectivity index (χ4n) is 5.95. The van der Waals surface area contributed by atoms with E-state index in [1.54, 1.807) is 0 Å². The van der Waals surface area contributed by atoms with Crippen molar-refractivity contribution in [2.75, 3.05) is 32.8 Å². The van der Waals surface area contributed by atoms with Gasteiger partial charge in [0.15, 0.2) is 11.9 Å². The molecule has 6 heteroatoms. The third-order valence-electron chi connectivity index (χ3n) is 7.67. The van der Waals surface area contributed by atoms with Crippen molar-refractivity contribution < 1.29 is 24.0 Å². The highest BCUT2D eigenvalue weighted by molar-refractivity contribution is 5.15. The van der Waals surface area contributed by atoms with Crippen LogP contribution < -0.4 is 0 Å². The summed E-state index contributed by atoms with van der Waals surface area (Å²) in [6.07, 6.45) is 3.81. The molecule has 0 aromatic rings. The Balaban J connectivity index is 1.50. The summed E-state index contributed by atoms with van der Waals surface area (Å²) >= 11 is 0. The molecule has 4 saturated heterocycles. The maximum atomic E-state index is 6.58. The summed E-state index contributed by atoms with van der Waals surface area (Å²) in [6, 6.07) is 0. The first kappa shape index (κ1) is 20.0. The molecule has 5 fully saturated rings. The quantitative estimate of drug-likeness (QED) is 0.496. The number of likely N-dealkylation sites (N-methyl/N-ethyl adjacent to an activating group) is 1. The molecule has 0 N–H and O–H groups in total. The molecule has 27 heavy (non-hydrogen) atoms. The predicted octanol–water partition coefficient (Wildman–Crippen LogP) is 3.35. The van der Waals surface area contributed by atoms with Gasteiger partial charge in [-0.05, 0) is 58.0 Å². The molecule has 6 nitrogen and oxygen atoms in total. The Labute approximate surface area is 163 Å². The van der Waals surface area contributed by atoms with Gasteiger partial charge in [0.2, 0.25) is 5.79 Å². The summed E-state index contributed by atoms with van der Waals surface area (Å²) in [5, 5.41) is 0. The molecule has 0 amide bonds. The van der Waals surface area contributed by atoms with Gasteiger partial charge in [-0.2, -0.15) is 0 Å². The number of hydrogen-bond acceptors (Lipinski definition) is 6. The number of nitrogens with zero attached hydrogens (tertiary/aromatic N) is 1. The van der Waals surface area contributed by atoms with Crippen LogP contribution in [-0.4, -0.2) is 61.0 Å². The summed E-state index contributed by atoms with van der Waals surface area (Å²) in [5.74, 6) is 0.521. The van der Waals surface area contributed by atoms with Crippen LogP contribution in [0.15, 0.2) is 0 Å². The number of fused-ring (bicyclic) bond motifs is 2. The van der Waals surface area contributed by atoms with E-state index in [2.05, 4.69) is 32.6 Å². The Bertz CT molecular complexity index is 543. The highest BCUT2D eigenvalue weighted by Gasteiger charge is 2.73. The second kappa shape index (κ2) is 7.22. The van der Waals surface area contributed by atoms with Gasteiger partial charge in [-0.25, -0.2) is 9.78 Å². The number of ether oxygens (including phenoxy) is 3. The van der Waals surface area contributed by atoms with Crippen LogP contribution in [-0.2, 0) is 24.0 Å². The molecule has 7 atom stereocenters. The number of hydrogen-bond donors (Lipinski definition) is 0. The third kappa shape index (κ3) is 3.17. The first-order valence-electron chi connectivity index (χ1n) is 10.9. The Morgan fingerprint density at radius 1 is 1.04 bits per heavy atom. The van der Waals surface area contributed by atoms with Crippen LogP contribution in [0.5, 0.6) is 0 Å². The van der Waals surface area contributed by atoms with Gasteiger partial charge in [0.1, 0.15) is 0 Å². The van der Waals surface area contributed by atoms with E-state index in [-0.39, 0.29) is 12.2 Å². The smallest absolute Gasteiger partial charge is 0.201 e. The monoisotopic (exact) mass is 383 g/mol. The second-order valence-corrected chi connectivity index (χ2v) is 9.37. The van der Waals surface area contributed by atoms with Gasteiger partial charge in [0.25, 0.3) is 0 Å². The van der Waals surface area contributed by atoms with Gasteiger partial charge >= 0.3 is 0 Å². The zero-order chi connectivity index (χ0) is 19.3. The molecular formula is C21H37NO5. The molecule has 156 valence electrons. The van der Waals surface area contributed by atoms with E-state index in [1.165, 1.54) is 6.42 Å². The van der Waals surface area contributed by atoms with Gasteiger partial charge in [-0.3, -0.25) is 0 Å². The number of rotatable bonds is 7. The topological polar surface area (TPSA) is 49.4 Å². The van der Waals surface area contributed by atoms with Crippen molar-refractivity contribution in [3.05, 3.63) is 0 Å². The van der Waals surface area contributed by atoms with Crippen molar-refractivity contribution in [2.45, 2.75) is 83.6 Å². The Morgan fingerprint density at radius 2 is 1.81 bits per heavy atom. The second-order valence-electron chi connectivity index (χ2n) is 9.37. The lowest BCUT2D eigenvalue weighted by Crippen LogP contribution is -2.62. The van der Waals surface area contributed by atoms with Gasteiger partial charge in [0.05, 0.1) is 18.8 Å².